The molecule has 52 valence electrons. The van der Waals surface area contributed by atoms with E-state index in [1.54, 1.807) is 17.0 Å². The Hall–Kier alpha value is -1.32. The van der Waals surface area contributed by atoms with E-state index < -0.39 is 0 Å². The molecule has 2 heterocycles. The normalized spacial score (nSPS) is 15.2. The van der Waals surface area contributed by atoms with Crippen molar-refractivity contribution in [2.75, 3.05) is 6.54 Å². The molecule has 1 aromatic rings. The summed E-state index contributed by atoms with van der Waals surface area (Å²) in [4.78, 5) is 17.5. The van der Waals surface area contributed by atoms with Crippen LogP contribution in [0.25, 0.3) is 0 Å². The topological polar surface area (TPSA) is 50.1 Å². The first kappa shape index (κ1) is 5.46. The summed E-state index contributed by atoms with van der Waals surface area (Å²) in [6.45, 7) is 1.42. The lowest BCUT2D eigenvalue weighted by Crippen LogP contribution is -2.22. The summed E-state index contributed by atoms with van der Waals surface area (Å²) in [7, 11) is 0. The summed E-state index contributed by atoms with van der Waals surface area (Å²) in [6, 6.07) is 0. The van der Waals surface area contributed by atoms with Crippen LogP contribution in [0.3, 0.4) is 0 Å². The van der Waals surface area contributed by atoms with Crippen LogP contribution >= 0.6 is 0 Å². The summed E-state index contributed by atoms with van der Waals surface area (Å²) in [5, 5.41) is 0. The second-order valence-electron chi connectivity index (χ2n) is 2.21. The lowest BCUT2D eigenvalue weighted by molar-refractivity contribution is 0.667. The van der Waals surface area contributed by atoms with E-state index in [1.807, 2.05) is 0 Å². The van der Waals surface area contributed by atoms with E-state index in [0.29, 0.717) is 13.1 Å². The molecule has 1 aliphatic rings. The second kappa shape index (κ2) is 1.83. The first-order chi connectivity index (χ1) is 4.88. The fourth-order valence-electron chi connectivity index (χ4n) is 1.06. The number of rotatable bonds is 0. The zero-order valence-corrected chi connectivity index (χ0v) is 5.37. The van der Waals surface area contributed by atoms with Gasteiger partial charge >= 0.3 is 5.69 Å². The van der Waals surface area contributed by atoms with Crippen molar-refractivity contribution in [3.05, 3.63) is 22.4 Å². The van der Waals surface area contributed by atoms with E-state index in [4.69, 9.17) is 0 Å². The zero-order chi connectivity index (χ0) is 6.97. The molecule has 0 aliphatic carbocycles. The SMILES string of the molecule is O=c1[nH]cc2n1CCN=C2. The number of nitrogens with zero attached hydrogens (tertiary/aromatic N) is 2. The molecule has 0 atom stereocenters. The summed E-state index contributed by atoms with van der Waals surface area (Å²) in [6.07, 6.45) is 3.38. The average Bonchev–Trinajstić information content (AvgIpc) is 2.34. The second-order valence-corrected chi connectivity index (χ2v) is 2.21. The van der Waals surface area contributed by atoms with Crippen LogP contribution in [-0.4, -0.2) is 22.3 Å². The molecule has 1 aliphatic heterocycles. The maximum atomic E-state index is 10.9. The minimum atomic E-state index is -0.0406. The fraction of sp³-hybridized carbons (Fsp3) is 0.333. The third-order valence-corrected chi connectivity index (χ3v) is 1.58. The van der Waals surface area contributed by atoms with Crippen LogP contribution in [-0.2, 0) is 6.54 Å². The maximum Gasteiger partial charge on any atom is 0.326 e. The number of imidazole rings is 1. The minimum Gasteiger partial charge on any atom is -0.312 e. The molecule has 0 aromatic carbocycles. The van der Waals surface area contributed by atoms with Gasteiger partial charge in [-0.2, -0.15) is 0 Å². The van der Waals surface area contributed by atoms with E-state index in [-0.39, 0.29) is 5.69 Å². The molecular formula is C6H7N3O. The van der Waals surface area contributed by atoms with Gasteiger partial charge in [-0.3, -0.25) is 9.56 Å². The lowest BCUT2D eigenvalue weighted by Gasteiger charge is -2.04. The monoisotopic (exact) mass is 137 g/mol. The Morgan fingerprint density at radius 1 is 1.70 bits per heavy atom. The highest BCUT2D eigenvalue weighted by Crippen LogP contribution is 1.95. The molecule has 10 heavy (non-hydrogen) atoms. The van der Waals surface area contributed by atoms with Gasteiger partial charge in [-0.1, -0.05) is 0 Å². The van der Waals surface area contributed by atoms with Gasteiger partial charge in [0.05, 0.1) is 12.2 Å². The van der Waals surface area contributed by atoms with Crippen LogP contribution in [0.5, 0.6) is 0 Å². The Morgan fingerprint density at radius 3 is 3.40 bits per heavy atom. The van der Waals surface area contributed by atoms with Crippen LogP contribution in [0.1, 0.15) is 5.69 Å². The Balaban J connectivity index is 2.68. The lowest BCUT2D eigenvalue weighted by atomic mass is 10.4. The van der Waals surface area contributed by atoms with Gasteiger partial charge in [-0.05, 0) is 0 Å². The highest BCUT2D eigenvalue weighted by Gasteiger charge is 2.05. The highest BCUT2D eigenvalue weighted by molar-refractivity contribution is 5.77. The summed E-state index contributed by atoms with van der Waals surface area (Å²) < 4.78 is 1.67. The van der Waals surface area contributed by atoms with Crippen molar-refractivity contribution in [1.29, 1.82) is 0 Å². The molecule has 0 spiro atoms. The number of nitrogens with one attached hydrogen (secondary N) is 1. The van der Waals surface area contributed by atoms with Gasteiger partial charge in [0, 0.05) is 19.0 Å². The van der Waals surface area contributed by atoms with Gasteiger partial charge < -0.3 is 4.98 Å². The number of aromatic amines is 1. The largest absolute Gasteiger partial charge is 0.326 e. The van der Waals surface area contributed by atoms with Crippen LogP contribution in [0.15, 0.2) is 16.0 Å². The summed E-state index contributed by atoms with van der Waals surface area (Å²) >= 11 is 0. The van der Waals surface area contributed by atoms with E-state index in [2.05, 4.69) is 9.98 Å². The zero-order valence-electron chi connectivity index (χ0n) is 5.37. The number of aromatic nitrogens is 2. The average molecular weight is 137 g/mol. The standard InChI is InChI=1S/C6H7N3O/c10-6-8-4-5-3-7-1-2-9(5)6/h3-4H,1-2H2,(H,8,10). The van der Waals surface area contributed by atoms with Crippen molar-refractivity contribution in [3.8, 4) is 0 Å². The fourth-order valence-corrected chi connectivity index (χ4v) is 1.06. The van der Waals surface area contributed by atoms with Crippen LogP contribution in [0.2, 0.25) is 0 Å². The Morgan fingerprint density at radius 2 is 2.60 bits per heavy atom. The molecule has 4 heteroatoms. The molecule has 1 aromatic heterocycles. The third kappa shape index (κ3) is 0.618. The smallest absolute Gasteiger partial charge is 0.312 e. The molecule has 4 nitrogen and oxygen atoms in total. The number of fused-ring (bicyclic) bond motifs is 1. The molecule has 0 saturated carbocycles. The van der Waals surface area contributed by atoms with Crippen molar-refractivity contribution >= 4 is 6.21 Å². The van der Waals surface area contributed by atoms with E-state index in [9.17, 15) is 4.79 Å². The van der Waals surface area contributed by atoms with Crippen LogP contribution in [0, 0.1) is 0 Å². The predicted molar refractivity (Wildman–Crippen MR) is 37.5 cm³/mol. The van der Waals surface area contributed by atoms with E-state index >= 15 is 0 Å². The molecule has 0 radical (unpaired) electrons. The van der Waals surface area contributed by atoms with Crippen molar-refractivity contribution in [2.45, 2.75) is 6.54 Å². The quantitative estimate of drug-likeness (QED) is 0.520. The van der Waals surface area contributed by atoms with Crippen molar-refractivity contribution in [1.82, 2.24) is 9.55 Å². The Labute approximate surface area is 57.2 Å². The van der Waals surface area contributed by atoms with Gasteiger partial charge in [0.25, 0.3) is 0 Å². The Bertz CT molecular complexity index is 320. The van der Waals surface area contributed by atoms with E-state index in [1.165, 1.54) is 0 Å². The van der Waals surface area contributed by atoms with Crippen molar-refractivity contribution in [3.63, 3.8) is 0 Å². The first-order valence-electron chi connectivity index (χ1n) is 3.16. The van der Waals surface area contributed by atoms with E-state index in [0.717, 1.165) is 5.69 Å². The van der Waals surface area contributed by atoms with Crippen molar-refractivity contribution in [2.24, 2.45) is 4.99 Å². The predicted octanol–water partition coefficient (Wildman–Crippen LogP) is -0.391. The number of hydrogen-bond acceptors (Lipinski definition) is 2. The number of hydrogen-bond donors (Lipinski definition) is 1. The number of H-pyrrole nitrogens is 1. The van der Waals surface area contributed by atoms with Gasteiger partial charge in [-0.15, -0.1) is 0 Å². The molecular weight excluding hydrogens is 130 g/mol. The molecule has 0 bridgehead atoms. The highest BCUT2D eigenvalue weighted by atomic mass is 16.1. The van der Waals surface area contributed by atoms with Crippen LogP contribution < -0.4 is 5.69 Å². The minimum absolute atomic E-state index is 0.0406. The Kier molecular flexibility index (Phi) is 1.00. The van der Waals surface area contributed by atoms with Gasteiger partial charge in [0.2, 0.25) is 0 Å². The van der Waals surface area contributed by atoms with Gasteiger partial charge in [0.15, 0.2) is 0 Å². The number of aliphatic imine (C=N–C) groups is 1. The molecule has 0 amide bonds. The summed E-state index contributed by atoms with van der Waals surface area (Å²) in [5.41, 5.74) is 0.831. The van der Waals surface area contributed by atoms with Crippen LogP contribution in [0.4, 0.5) is 0 Å². The van der Waals surface area contributed by atoms with Gasteiger partial charge in [-0.25, -0.2) is 4.79 Å². The molecule has 0 saturated heterocycles. The van der Waals surface area contributed by atoms with Crippen molar-refractivity contribution < 1.29 is 0 Å². The molecule has 0 unspecified atom stereocenters. The maximum absolute atomic E-state index is 10.9. The van der Waals surface area contributed by atoms with Gasteiger partial charge in [0.1, 0.15) is 0 Å². The first-order valence-corrected chi connectivity index (χ1v) is 3.16. The molecule has 2 rings (SSSR count). The molecule has 1 N–H and O–H groups in total. The molecule has 0 fully saturated rings. The third-order valence-electron chi connectivity index (χ3n) is 1.58. The summed E-state index contributed by atoms with van der Waals surface area (Å²) in [5.74, 6) is 0.